The van der Waals surface area contributed by atoms with E-state index in [0.29, 0.717) is 24.5 Å². The maximum absolute atomic E-state index is 12.5. The minimum Gasteiger partial charge on any atom is -0.493 e. The first-order chi connectivity index (χ1) is 13.7. The Morgan fingerprint density at radius 1 is 1.07 bits per heavy atom. The van der Waals surface area contributed by atoms with Crippen LogP contribution in [0.2, 0.25) is 0 Å². The van der Waals surface area contributed by atoms with Gasteiger partial charge in [-0.25, -0.2) is 0 Å². The molecule has 29 heavy (non-hydrogen) atoms. The van der Waals surface area contributed by atoms with Crippen molar-refractivity contribution in [2.45, 2.75) is 19.7 Å². The Morgan fingerprint density at radius 2 is 1.76 bits per heavy atom. The molecule has 3 N–H and O–H groups in total. The summed E-state index contributed by atoms with van der Waals surface area (Å²) in [6, 6.07) is 11.3. The third kappa shape index (κ3) is 7.10. The Kier molecular flexibility index (Phi) is 7.58. The van der Waals surface area contributed by atoms with E-state index in [9.17, 15) is 13.2 Å². The summed E-state index contributed by atoms with van der Waals surface area (Å²) < 4.78 is 52.0. The topological polar surface area (TPSA) is 78.1 Å². The van der Waals surface area contributed by atoms with E-state index < -0.39 is 6.36 Å². The van der Waals surface area contributed by atoms with Crippen molar-refractivity contribution in [1.82, 2.24) is 0 Å². The Morgan fingerprint density at radius 3 is 2.41 bits per heavy atom. The summed E-state index contributed by atoms with van der Waals surface area (Å²) >= 11 is 0. The fourth-order valence-electron chi connectivity index (χ4n) is 2.69. The van der Waals surface area contributed by atoms with Crippen LogP contribution in [-0.2, 0) is 6.42 Å². The molecule has 0 spiro atoms. The number of alkyl halides is 3. The van der Waals surface area contributed by atoms with Gasteiger partial charge in [-0.3, -0.25) is 4.99 Å². The van der Waals surface area contributed by atoms with Crippen molar-refractivity contribution < 1.29 is 27.4 Å². The van der Waals surface area contributed by atoms with Crippen molar-refractivity contribution in [3.05, 3.63) is 48.0 Å². The molecule has 1 atom stereocenters. The summed E-state index contributed by atoms with van der Waals surface area (Å²) in [5.74, 6) is 1.05. The Bertz CT molecular complexity index is 841. The minimum absolute atomic E-state index is 0.00221. The van der Waals surface area contributed by atoms with Gasteiger partial charge >= 0.3 is 6.36 Å². The first kappa shape index (κ1) is 22.2. The van der Waals surface area contributed by atoms with Crippen molar-refractivity contribution in [3.8, 4) is 17.2 Å². The molecule has 0 aliphatic rings. The van der Waals surface area contributed by atoms with Crippen LogP contribution < -0.4 is 25.3 Å². The van der Waals surface area contributed by atoms with Crippen LogP contribution in [0.15, 0.2) is 47.5 Å². The highest BCUT2D eigenvalue weighted by Gasteiger charge is 2.32. The third-order valence-corrected chi connectivity index (χ3v) is 3.98. The molecule has 0 fully saturated rings. The number of hydrogen-bond donors (Lipinski definition) is 2. The molecular weight excluding hydrogens is 387 g/mol. The maximum Gasteiger partial charge on any atom is 0.573 e. The number of hydrogen-bond acceptors (Lipinski definition) is 4. The van der Waals surface area contributed by atoms with E-state index in [2.05, 4.69) is 15.0 Å². The lowest BCUT2D eigenvalue weighted by Gasteiger charge is -2.15. The van der Waals surface area contributed by atoms with Crippen molar-refractivity contribution in [2.24, 2.45) is 16.6 Å². The SMILES string of the molecule is COc1ccc(CC(C)CN=C(N)Nc2ccccc2OC(F)(F)F)cc1OC. The fraction of sp³-hybridized carbons (Fsp3) is 0.350. The molecule has 0 saturated heterocycles. The van der Waals surface area contributed by atoms with E-state index in [1.54, 1.807) is 20.3 Å². The van der Waals surface area contributed by atoms with Gasteiger partial charge in [0, 0.05) is 6.54 Å². The van der Waals surface area contributed by atoms with Gasteiger partial charge in [-0.05, 0) is 42.2 Å². The lowest BCUT2D eigenvalue weighted by Crippen LogP contribution is -2.25. The molecule has 0 heterocycles. The second kappa shape index (κ2) is 9.90. The molecule has 0 aliphatic heterocycles. The van der Waals surface area contributed by atoms with Crippen LogP contribution in [0, 0.1) is 5.92 Å². The normalized spacial score (nSPS) is 13.0. The van der Waals surface area contributed by atoms with Gasteiger partial charge in [0.05, 0.1) is 19.9 Å². The monoisotopic (exact) mass is 411 g/mol. The first-order valence-corrected chi connectivity index (χ1v) is 8.84. The van der Waals surface area contributed by atoms with Gasteiger partial charge in [-0.1, -0.05) is 25.1 Å². The smallest absolute Gasteiger partial charge is 0.493 e. The third-order valence-electron chi connectivity index (χ3n) is 3.98. The Labute approximate surface area is 167 Å². The first-order valence-electron chi connectivity index (χ1n) is 8.84. The molecule has 0 saturated carbocycles. The molecule has 2 aromatic carbocycles. The van der Waals surface area contributed by atoms with Crippen LogP contribution in [0.25, 0.3) is 0 Å². The summed E-state index contributed by atoms with van der Waals surface area (Å²) in [5, 5.41) is 2.65. The van der Waals surface area contributed by atoms with Crippen molar-refractivity contribution >= 4 is 11.6 Å². The van der Waals surface area contributed by atoms with Crippen molar-refractivity contribution in [1.29, 1.82) is 0 Å². The predicted molar refractivity (Wildman–Crippen MR) is 106 cm³/mol. The zero-order valence-electron chi connectivity index (χ0n) is 16.4. The number of methoxy groups -OCH3 is 2. The number of nitrogens with two attached hydrogens (primary N) is 1. The van der Waals surface area contributed by atoms with E-state index in [0.717, 1.165) is 5.56 Å². The molecule has 0 aromatic heterocycles. The molecule has 2 aromatic rings. The number of nitrogens with one attached hydrogen (secondary N) is 1. The van der Waals surface area contributed by atoms with E-state index in [-0.39, 0.29) is 23.3 Å². The summed E-state index contributed by atoms with van der Waals surface area (Å²) in [5.41, 5.74) is 6.95. The number of guanidine groups is 1. The number of ether oxygens (including phenoxy) is 3. The number of rotatable bonds is 8. The molecule has 2 rings (SSSR count). The quantitative estimate of drug-likeness (QED) is 0.503. The summed E-state index contributed by atoms with van der Waals surface area (Å²) in [4.78, 5) is 4.22. The Hall–Kier alpha value is -3.10. The van der Waals surface area contributed by atoms with Gasteiger partial charge in [0.2, 0.25) is 0 Å². The average molecular weight is 411 g/mol. The highest BCUT2D eigenvalue weighted by molar-refractivity contribution is 5.93. The number of anilines is 1. The van der Waals surface area contributed by atoms with Crippen molar-refractivity contribution in [2.75, 3.05) is 26.1 Å². The summed E-state index contributed by atoms with van der Waals surface area (Å²) in [6.45, 7) is 2.38. The van der Waals surface area contributed by atoms with E-state index >= 15 is 0 Å². The molecular formula is C20H24F3N3O3. The van der Waals surface area contributed by atoms with Crippen LogP contribution in [0.4, 0.5) is 18.9 Å². The van der Waals surface area contributed by atoms with Gasteiger partial charge in [0.1, 0.15) is 0 Å². The van der Waals surface area contributed by atoms with Gasteiger partial charge in [0.25, 0.3) is 0 Å². The zero-order chi connectivity index (χ0) is 21.4. The van der Waals surface area contributed by atoms with Gasteiger partial charge in [0.15, 0.2) is 23.2 Å². The number of halogens is 3. The minimum atomic E-state index is -4.79. The maximum atomic E-state index is 12.5. The number of para-hydroxylation sites is 2. The molecule has 6 nitrogen and oxygen atoms in total. The fourth-order valence-corrected chi connectivity index (χ4v) is 2.69. The van der Waals surface area contributed by atoms with Crippen LogP contribution in [-0.4, -0.2) is 33.1 Å². The highest BCUT2D eigenvalue weighted by atomic mass is 19.4. The predicted octanol–water partition coefficient (Wildman–Crippen LogP) is 4.21. The standard InChI is InChI=1S/C20H24F3N3O3/c1-13(10-14-8-9-17(27-2)18(11-14)28-3)12-25-19(24)26-15-6-4-5-7-16(15)29-20(21,22)23/h4-9,11,13H,10,12H2,1-3H3,(H3,24,25,26). The molecule has 9 heteroatoms. The molecule has 1 unspecified atom stereocenters. The largest absolute Gasteiger partial charge is 0.573 e. The molecule has 0 radical (unpaired) electrons. The second-order valence-electron chi connectivity index (χ2n) is 6.39. The van der Waals surface area contributed by atoms with E-state index in [1.165, 1.54) is 18.2 Å². The van der Waals surface area contributed by atoms with Crippen molar-refractivity contribution in [3.63, 3.8) is 0 Å². The molecule has 0 aliphatic carbocycles. The van der Waals surface area contributed by atoms with Gasteiger partial charge in [-0.15, -0.1) is 13.2 Å². The highest BCUT2D eigenvalue weighted by Crippen LogP contribution is 2.30. The lowest BCUT2D eigenvalue weighted by atomic mass is 10.0. The van der Waals surface area contributed by atoms with Crippen LogP contribution in [0.1, 0.15) is 12.5 Å². The molecule has 0 bridgehead atoms. The number of aliphatic imine (C=N–C) groups is 1. The van der Waals surface area contributed by atoms with Crippen LogP contribution in [0.3, 0.4) is 0 Å². The van der Waals surface area contributed by atoms with Crippen LogP contribution in [0.5, 0.6) is 17.2 Å². The van der Waals surface area contributed by atoms with Crippen LogP contribution >= 0.6 is 0 Å². The second-order valence-corrected chi connectivity index (χ2v) is 6.39. The lowest BCUT2D eigenvalue weighted by molar-refractivity contribution is -0.274. The van der Waals surface area contributed by atoms with Gasteiger partial charge < -0.3 is 25.3 Å². The molecule has 0 amide bonds. The summed E-state index contributed by atoms with van der Waals surface area (Å²) in [7, 11) is 3.14. The average Bonchev–Trinajstić information content (AvgIpc) is 2.66. The number of benzene rings is 2. The summed E-state index contributed by atoms with van der Waals surface area (Å²) in [6.07, 6.45) is -4.08. The molecule has 158 valence electrons. The van der Waals surface area contributed by atoms with E-state index in [1.807, 2.05) is 25.1 Å². The van der Waals surface area contributed by atoms with E-state index in [4.69, 9.17) is 15.2 Å². The zero-order valence-corrected chi connectivity index (χ0v) is 16.4. The van der Waals surface area contributed by atoms with Gasteiger partial charge in [-0.2, -0.15) is 0 Å². The number of nitrogens with zero attached hydrogens (tertiary/aromatic N) is 1. The Balaban J connectivity index is 1.98.